The summed E-state index contributed by atoms with van der Waals surface area (Å²) in [6, 6.07) is 0. The molecule has 0 aromatic heterocycles. The van der Waals surface area contributed by atoms with Crippen molar-refractivity contribution in [1.82, 2.24) is 0 Å². The van der Waals surface area contributed by atoms with Crippen LogP contribution >= 0.6 is 8.03 Å². The first-order chi connectivity index (χ1) is 5.85. The molecule has 0 bridgehead atoms. The van der Waals surface area contributed by atoms with Crippen molar-refractivity contribution in [3.63, 3.8) is 0 Å². The molecule has 0 aliphatic rings. The monoisotopic (exact) mass is 207 g/mol. The summed E-state index contributed by atoms with van der Waals surface area (Å²) in [5.41, 5.74) is -0.528. The smallest absolute Gasteiger partial charge is 0.457 e. The highest BCUT2D eigenvalue weighted by Crippen LogP contribution is 2.22. The Labute approximate surface area is 79.5 Å². The van der Waals surface area contributed by atoms with E-state index in [-0.39, 0.29) is 6.16 Å². The summed E-state index contributed by atoms with van der Waals surface area (Å²) in [6.45, 7) is 7.36. The molecule has 0 aliphatic heterocycles. The summed E-state index contributed by atoms with van der Waals surface area (Å²) < 4.78 is 20.7. The zero-order chi connectivity index (χ0) is 10.5. The van der Waals surface area contributed by atoms with Crippen LogP contribution in [0.15, 0.2) is 0 Å². The van der Waals surface area contributed by atoms with Gasteiger partial charge in [-0.3, -0.25) is 0 Å². The lowest BCUT2D eigenvalue weighted by Crippen LogP contribution is -2.25. The third-order valence-corrected chi connectivity index (χ3v) is 2.01. The van der Waals surface area contributed by atoms with Gasteiger partial charge in [-0.2, -0.15) is 0 Å². The van der Waals surface area contributed by atoms with Gasteiger partial charge in [0.15, 0.2) is 0 Å². The molecule has 5 heteroatoms. The van der Waals surface area contributed by atoms with Crippen molar-refractivity contribution in [3.05, 3.63) is 0 Å². The first-order valence-corrected chi connectivity index (χ1v) is 5.51. The van der Waals surface area contributed by atoms with Crippen LogP contribution in [-0.4, -0.2) is 24.3 Å². The molecule has 0 saturated carbocycles. The zero-order valence-electron chi connectivity index (χ0n) is 8.49. The van der Waals surface area contributed by atoms with E-state index in [0.29, 0.717) is 6.61 Å². The van der Waals surface area contributed by atoms with Gasteiger partial charge in [-0.05, 0) is 32.3 Å². The SMILES string of the molecule is CCO[P+](=O)CC(=O)OC(C)(C)C. The Kier molecular flexibility index (Phi) is 5.11. The molecule has 1 unspecified atom stereocenters. The van der Waals surface area contributed by atoms with Crippen LogP contribution in [0.25, 0.3) is 0 Å². The van der Waals surface area contributed by atoms with Gasteiger partial charge in [0.1, 0.15) is 5.60 Å². The Morgan fingerprint density at radius 2 is 1.92 bits per heavy atom. The van der Waals surface area contributed by atoms with Crippen LogP contribution in [0.3, 0.4) is 0 Å². The fourth-order valence-electron chi connectivity index (χ4n) is 0.669. The van der Waals surface area contributed by atoms with Gasteiger partial charge < -0.3 is 4.74 Å². The van der Waals surface area contributed by atoms with Crippen LogP contribution in [0, 0.1) is 0 Å². The van der Waals surface area contributed by atoms with E-state index in [4.69, 9.17) is 9.26 Å². The summed E-state index contributed by atoms with van der Waals surface area (Å²) in [5, 5.41) is 0. The second-order valence-electron chi connectivity index (χ2n) is 3.50. The molecule has 13 heavy (non-hydrogen) atoms. The minimum absolute atomic E-state index is 0.166. The van der Waals surface area contributed by atoms with Gasteiger partial charge in [-0.25, -0.2) is 4.79 Å². The Balaban J connectivity index is 3.82. The maximum Gasteiger partial charge on any atom is 0.520 e. The minimum Gasteiger partial charge on any atom is -0.457 e. The van der Waals surface area contributed by atoms with Crippen LogP contribution in [0.1, 0.15) is 27.7 Å². The van der Waals surface area contributed by atoms with Gasteiger partial charge in [0.25, 0.3) is 6.16 Å². The lowest BCUT2D eigenvalue weighted by atomic mass is 10.2. The largest absolute Gasteiger partial charge is 0.520 e. The highest BCUT2D eigenvalue weighted by atomic mass is 31.1. The van der Waals surface area contributed by atoms with Crippen LogP contribution in [0.2, 0.25) is 0 Å². The molecule has 4 nitrogen and oxygen atoms in total. The molecular formula is C8H16O4P+. The maximum atomic E-state index is 11.1. The van der Waals surface area contributed by atoms with Crippen molar-refractivity contribution < 1.29 is 18.6 Å². The van der Waals surface area contributed by atoms with Gasteiger partial charge in [0, 0.05) is 0 Å². The van der Waals surface area contributed by atoms with Crippen LogP contribution < -0.4 is 0 Å². The molecule has 0 aliphatic carbocycles. The predicted molar refractivity (Wildman–Crippen MR) is 49.9 cm³/mol. The third-order valence-electron chi connectivity index (χ3n) is 0.951. The highest BCUT2D eigenvalue weighted by molar-refractivity contribution is 7.40. The number of ether oxygens (including phenoxy) is 1. The molecule has 0 amide bonds. The van der Waals surface area contributed by atoms with E-state index in [0.717, 1.165) is 0 Å². The average Bonchev–Trinajstić information content (AvgIpc) is 1.81. The fraction of sp³-hybridized carbons (Fsp3) is 0.875. The van der Waals surface area contributed by atoms with Crippen molar-refractivity contribution in [2.75, 3.05) is 12.8 Å². The van der Waals surface area contributed by atoms with Gasteiger partial charge >= 0.3 is 14.0 Å². The van der Waals surface area contributed by atoms with Crippen LogP contribution in [-0.2, 0) is 18.6 Å². The molecule has 0 radical (unpaired) electrons. The van der Waals surface area contributed by atoms with E-state index < -0.39 is 19.6 Å². The molecule has 0 rings (SSSR count). The minimum atomic E-state index is -1.90. The van der Waals surface area contributed by atoms with Gasteiger partial charge in [-0.15, -0.1) is 4.52 Å². The third kappa shape index (κ3) is 7.88. The van der Waals surface area contributed by atoms with Crippen molar-refractivity contribution >= 4 is 14.0 Å². The number of hydrogen-bond acceptors (Lipinski definition) is 4. The second kappa shape index (κ2) is 5.30. The number of rotatable bonds is 4. The second-order valence-corrected chi connectivity index (χ2v) is 4.73. The molecule has 76 valence electrons. The first-order valence-electron chi connectivity index (χ1n) is 4.14. The maximum absolute atomic E-state index is 11.1. The number of carbonyl (C=O) groups excluding carboxylic acids is 1. The van der Waals surface area contributed by atoms with Gasteiger partial charge in [-0.1, -0.05) is 0 Å². The highest BCUT2D eigenvalue weighted by Gasteiger charge is 2.27. The molecule has 0 saturated heterocycles. The Morgan fingerprint density at radius 1 is 1.38 bits per heavy atom. The standard InChI is InChI=1S/C8H16O4P/c1-5-11-13(10)6-7(9)12-8(2,3)4/h5-6H2,1-4H3/q+1. The lowest BCUT2D eigenvalue weighted by molar-refractivity contribution is -0.151. The summed E-state index contributed by atoms with van der Waals surface area (Å²) in [5.74, 6) is -0.484. The topological polar surface area (TPSA) is 52.6 Å². The van der Waals surface area contributed by atoms with E-state index in [9.17, 15) is 9.36 Å². The van der Waals surface area contributed by atoms with Crippen molar-refractivity contribution in [1.29, 1.82) is 0 Å². The van der Waals surface area contributed by atoms with Crippen molar-refractivity contribution in [3.8, 4) is 0 Å². The number of carbonyl (C=O) groups is 1. The number of hydrogen-bond donors (Lipinski definition) is 0. The van der Waals surface area contributed by atoms with Crippen molar-refractivity contribution in [2.24, 2.45) is 0 Å². The molecule has 0 aromatic carbocycles. The molecular weight excluding hydrogens is 191 g/mol. The first kappa shape index (κ1) is 12.5. The molecule has 0 spiro atoms. The van der Waals surface area contributed by atoms with Gasteiger partial charge in [0.05, 0.1) is 6.61 Å². The Hall–Kier alpha value is -0.470. The molecule has 0 N–H and O–H groups in total. The lowest BCUT2D eigenvalue weighted by Gasteiger charge is -2.17. The van der Waals surface area contributed by atoms with Crippen LogP contribution in [0.4, 0.5) is 0 Å². The average molecular weight is 207 g/mol. The molecule has 0 fully saturated rings. The van der Waals surface area contributed by atoms with E-state index >= 15 is 0 Å². The molecule has 0 aromatic rings. The Morgan fingerprint density at radius 3 is 2.31 bits per heavy atom. The van der Waals surface area contributed by atoms with E-state index in [1.807, 2.05) is 0 Å². The van der Waals surface area contributed by atoms with Crippen LogP contribution in [0.5, 0.6) is 0 Å². The molecule has 1 atom stereocenters. The zero-order valence-corrected chi connectivity index (χ0v) is 9.39. The quantitative estimate of drug-likeness (QED) is 0.523. The van der Waals surface area contributed by atoms with Gasteiger partial charge in [0.2, 0.25) is 0 Å². The summed E-state index contributed by atoms with van der Waals surface area (Å²) in [6.07, 6.45) is -0.166. The Bertz CT molecular complexity index is 195. The normalized spacial score (nSPS) is 12.5. The predicted octanol–water partition coefficient (Wildman–Crippen LogP) is 2.11. The summed E-state index contributed by atoms with van der Waals surface area (Å²) >= 11 is 0. The summed E-state index contributed by atoms with van der Waals surface area (Å²) in [7, 11) is -1.90. The fourth-order valence-corrected chi connectivity index (χ4v) is 1.32. The van der Waals surface area contributed by atoms with Crippen molar-refractivity contribution in [2.45, 2.75) is 33.3 Å². The van der Waals surface area contributed by atoms with E-state index in [1.165, 1.54) is 0 Å². The summed E-state index contributed by atoms with van der Waals surface area (Å²) in [4.78, 5) is 11.1. The molecule has 0 heterocycles. The number of esters is 1. The van der Waals surface area contributed by atoms with E-state index in [2.05, 4.69) is 0 Å². The van der Waals surface area contributed by atoms with E-state index in [1.54, 1.807) is 27.7 Å².